The summed E-state index contributed by atoms with van der Waals surface area (Å²) in [6.07, 6.45) is 2.43. The van der Waals surface area contributed by atoms with Crippen molar-refractivity contribution in [3.63, 3.8) is 0 Å². The van der Waals surface area contributed by atoms with Gasteiger partial charge in [0.1, 0.15) is 90.4 Å². The van der Waals surface area contributed by atoms with Gasteiger partial charge in [-0.1, -0.05) is 116 Å². The molecule has 4 fully saturated rings. The summed E-state index contributed by atoms with van der Waals surface area (Å²) >= 11 is 0. The zero-order chi connectivity index (χ0) is 95.1. The van der Waals surface area contributed by atoms with Gasteiger partial charge in [0.25, 0.3) is 0 Å². The number of phenols is 1. The number of aromatic amines is 2. The lowest BCUT2D eigenvalue weighted by atomic mass is 9.99. The van der Waals surface area contributed by atoms with Crippen molar-refractivity contribution in [2.24, 2.45) is 34.8 Å². The number of aliphatic hydroxyl groups is 1. The third-order valence-electron chi connectivity index (χ3n) is 24.5. The molecule has 3 aliphatic heterocycles. The molecular weight excluding hydrogens is 1680 g/mol. The van der Waals surface area contributed by atoms with Gasteiger partial charge in [0.15, 0.2) is 0 Å². The monoisotopic (exact) mass is 1810 g/mol. The van der Waals surface area contributed by atoms with Gasteiger partial charge < -0.3 is 126 Å². The molecule has 16 atom stereocenters. The van der Waals surface area contributed by atoms with Gasteiger partial charge in [-0.2, -0.15) is 0 Å². The lowest BCUT2D eigenvalue weighted by Gasteiger charge is -2.36. The summed E-state index contributed by atoms with van der Waals surface area (Å²) in [5.41, 5.74) is 24.9. The molecule has 2 unspecified atom stereocenters. The number of rotatable bonds is 24. The molecule has 2 aromatic heterocycles. The molecule has 3 saturated heterocycles. The second-order valence-corrected chi connectivity index (χ2v) is 35.4. The van der Waals surface area contributed by atoms with Gasteiger partial charge in [0.05, 0.1) is 31.7 Å². The van der Waals surface area contributed by atoms with Crippen molar-refractivity contribution in [1.29, 1.82) is 0 Å². The third-order valence-corrected chi connectivity index (χ3v) is 24.5. The second-order valence-electron chi connectivity index (χ2n) is 35.4. The number of aliphatic hydroxyl groups excluding tert-OH is 1. The van der Waals surface area contributed by atoms with Gasteiger partial charge in [-0.3, -0.25) is 76.7 Å². The van der Waals surface area contributed by atoms with E-state index in [9.17, 15) is 48.6 Å². The molecule has 1 spiro atoms. The number of amides is 16. The second kappa shape index (κ2) is 46.9. The first kappa shape index (κ1) is 102. The maximum atomic E-state index is 15.8. The molecule has 16 amide bonds. The predicted octanol–water partition coefficient (Wildman–Crippen LogP) is -1.72. The van der Waals surface area contributed by atoms with Crippen LogP contribution in [-0.2, 0) is 94.3 Å². The molecule has 3 aromatic carbocycles. The molecule has 40 heteroatoms. The molecule has 130 heavy (non-hydrogen) atoms. The summed E-state index contributed by atoms with van der Waals surface area (Å²) < 4.78 is 5.98. The van der Waals surface area contributed by atoms with Crippen LogP contribution >= 0.6 is 0 Å². The summed E-state index contributed by atoms with van der Waals surface area (Å²) in [5, 5.41) is 50.8. The topological polar surface area (TPSA) is 595 Å². The molecule has 1 aliphatic carbocycles. The predicted molar refractivity (Wildman–Crippen MR) is 479 cm³/mol. The van der Waals surface area contributed by atoms with Crippen molar-refractivity contribution in [3.05, 3.63) is 102 Å². The fourth-order valence-electron chi connectivity index (χ4n) is 17.3. The summed E-state index contributed by atoms with van der Waals surface area (Å²) in [5.74, 6) is -15.2. The number of carbonyl (C=O) groups is 16. The van der Waals surface area contributed by atoms with E-state index in [2.05, 4.69) is 63.1 Å². The number of aromatic nitrogens is 2. The van der Waals surface area contributed by atoms with Crippen molar-refractivity contribution in [2.45, 2.75) is 247 Å². The third kappa shape index (κ3) is 26.3. The van der Waals surface area contributed by atoms with E-state index in [1.807, 2.05) is 45.9 Å². The average molecular weight is 1810 g/mol. The zero-order valence-corrected chi connectivity index (χ0v) is 75.7. The van der Waals surface area contributed by atoms with E-state index in [0.29, 0.717) is 64.2 Å². The number of H-pyrrole nitrogens is 2. The van der Waals surface area contributed by atoms with Gasteiger partial charge >= 0.3 is 0 Å². The van der Waals surface area contributed by atoms with Gasteiger partial charge in [-0.05, 0) is 118 Å². The van der Waals surface area contributed by atoms with Crippen LogP contribution in [0.25, 0.3) is 21.8 Å². The molecule has 0 radical (unpaired) electrons. The Balaban J connectivity index is 1.08. The number of hydrogen-bond donors (Lipinski definition) is 18. The van der Waals surface area contributed by atoms with Crippen molar-refractivity contribution in [2.75, 3.05) is 73.6 Å². The summed E-state index contributed by atoms with van der Waals surface area (Å²) in [6.45, 7) is 9.20. The minimum absolute atomic E-state index is 0.00663. The molecular formula is C90H131N21O19. The Hall–Kier alpha value is -12.1. The Labute approximate surface area is 755 Å². The number of nitrogens with zero attached hydrogens (tertiary/aromatic N) is 5. The van der Waals surface area contributed by atoms with Crippen LogP contribution < -0.4 is 76.1 Å². The molecule has 9 rings (SSSR count). The van der Waals surface area contributed by atoms with E-state index >= 15 is 38.4 Å². The van der Waals surface area contributed by atoms with Crippen molar-refractivity contribution in [3.8, 4) is 5.75 Å². The smallest absolute Gasteiger partial charge is 0.249 e. The lowest BCUT2D eigenvalue weighted by Crippen LogP contribution is -2.62. The number of aromatic hydroxyl groups is 1. The van der Waals surface area contributed by atoms with Gasteiger partial charge in [-0.15, -0.1) is 0 Å². The van der Waals surface area contributed by atoms with Crippen LogP contribution in [-0.4, -0.2) is 303 Å². The van der Waals surface area contributed by atoms with Crippen molar-refractivity contribution >= 4 is 116 Å². The normalized spacial score (nSPS) is 26.9. The number of fused-ring (bicyclic) bond motifs is 4. The highest BCUT2D eigenvalue weighted by Crippen LogP contribution is 2.53. The Bertz CT molecular complexity index is 4870. The summed E-state index contributed by atoms with van der Waals surface area (Å²) in [6, 6.07) is 1.65. The highest BCUT2D eigenvalue weighted by Gasteiger charge is 2.63. The number of unbranched alkanes of at least 4 members (excludes halogenated alkanes) is 2. The van der Waals surface area contributed by atoms with E-state index in [-0.39, 0.29) is 114 Å². The van der Waals surface area contributed by atoms with Crippen LogP contribution in [0.4, 0.5) is 0 Å². The first-order valence-electron chi connectivity index (χ1n) is 44.8. The Morgan fingerprint density at radius 3 is 1.68 bits per heavy atom. The van der Waals surface area contributed by atoms with Crippen LogP contribution in [0, 0.1) is 11.8 Å². The van der Waals surface area contributed by atoms with Crippen LogP contribution in [0.1, 0.15) is 161 Å². The summed E-state index contributed by atoms with van der Waals surface area (Å²) in [7, 11) is 4.11. The number of hydrogen-bond acceptors (Lipinski definition) is 22. The summed E-state index contributed by atoms with van der Waals surface area (Å²) in [4.78, 5) is 248. The van der Waals surface area contributed by atoms with Crippen LogP contribution in [0.2, 0.25) is 0 Å². The fraction of sp³-hybridized carbons (Fsp3) is 0.578. The minimum atomic E-state index is -1.79. The maximum absolute atomic E-state index is 15.8. The number of nitrogens with two attached hydrogens (primary N) is 4. The van der Waals surface area contributed by atoms with E-state index in [1.54, 1.807) is 68.7 Å². The Kier molecular flexibility index (Phi) is 36.7. The number of ether oxygens (including phenoxy) is 1. The van der Waals surface area contributed by atoms with Crippen molar-refractivity contribution < 1.29 is 91.7 Å². The molecule has 5 heterocycles. The van der Waals surface area contributed by atoms with Crippen molar-refractivity contribution in [1.82, 2.24) is 87.6 Å². The highest BCUT2D eigenvalue weighted by molar-refractivity contribution is 6.03. The molecule has 5 aromatic rings. The quantitative estimate of drug-likeness (QED) is 0.0327. The molecule has 22 N–H and O–H groups in total. The molecule has 1 saturated carbocycles. The standard InChI is InChI=1S/C90H131N21O19/c1-11-13-24-70-82(122)100-64(34-49(3)4)79(119)98-55(44-95-45-75(94)115)47-130-48-76(116)106-90(40-60(90)52-27-29-56(112)30-28-52)89(129)107(8)51(7)77(117)102-68(39-74(93)114)86(126)110-33-19-26-71(110)83(123)105-69(41-92)81(121)103-66(35-50(5)6)87(127)111-46-57(113)38-73(111)84(124)101-65(36-53-42-96-61-22-17-15-20-58(53)61)80(120)99-63(31-32-91)78(118)104-67(37-54-43-97-62-23-18-16-21-59(54)62)85(125)109(10)72(25-14-12-2)88(128)108(70)9/h15-18,20-23,27-30,42-43,49-51,55,57,60,63-73,95-97,112-113H,11-14,19,24-26,31-41,44-48,91-92H2,1-10H3,(H2,93,114)(H2,94,115)(H,98,119)(H,99,120)(H,100,122)(H,101,124)(H,102,117)(H,103,121)(H,104,118)(H,105,123)(H,106,116)/t51-,55+,57+,60?,63-,64-,65-,66-,67-,68-,69-,70-,71-,72-,73-,90?/m0/s1. The first-order chi connectivity index (χ1) is 61.8. The Morgan fingerprint density at radius 2 is 1.08 bits per heavy atom. The number of likely N-dealkylation sites (N-methyl/N-ethyl adjacent to an activating group) is 3. The fourth-order valence-corrected chi connectivity index (χ4v) is 17.3. The van der Waals surface area contributed by atoms with Gasteiger partial charge in [-0.25, -0.2) is 0 Å². The number of carbonyl (C=O) groups excluding carboxylic acids is 16. The maximum Gasteiger partial charge on any atom is 0.249 e. The van der Waals surface area contributed by atoms with E-state index < -0.39 is 223 Å². The average Bonchev–Trinajstić information content (AvgIpc) is 1.56. The molecule has 710 valence electrons. The molecule has 40 nitrogen and oxygen atoms in total. The molecule has 0 bridgehead atoms. The highest BCUT2D eigenvalue weighted by atomic mass is 16.5. The number of primary amides is 2. The minimum Gasteiger partial charge on any atom is -0.508 e. The van der Waals surface area contributed by atoms with Crippen LogP contribution in [0.15, 0.2) is 85.2 Å². The number of phenolic OH excluding ortho intramolecular Hbond substituents is 1. The van der Waals surface area contributed by atoms with E-state index in [1.165, 1.54) is 50.0 Å². The van der Waals surface area contributed by atoms with Crippen LogP contribution in [0.3, 0.4) is 0 Å². The largest absolute Gasteiger partial charge is 0.508 e. The number of para-hydroxylation sites is 2. The first-order valence-corrected chi connectivity index (χ1v) is 44.8. The SMILES string of the molecule is CCCC[C@H]1C(=O)N(C)[C@@H](CCCC)C(=O)N[C@@H](CC(C)C)C(=O)N[C@H](CNCC(N)=O)COCC(=O)NC2(CC2c2ccc(O)cc2)C(=O)N(C)[C@@H](C)C(=O)N[C@@H](CC(N)=O)C(=O)N2CCC[C@H]2C(=O)N[C@@H](CN)C(=O)N[C@@H](CC(C)C)C(=O)N2C[C@H](O)C[C@H]2C(=O)N[C@@H](Cc2c[nH]c3ccccc23)C(=O)N[C@@H](CCN)C(=O)N[C@@H](Cc2c[nH]c3ccccc23)C(=O)N1C. The number of benzene rings is 3. The Morgan fingerprint density at radius 1 is 0.562 bits per heavy atom. The molecule has 4 aliphatic rings. The van der Waals surface area contributed by atoms with Gasteiger partial charge in [0.2, 0.25) is 94.5 Å². The van der Waals surface area contributed by atoms with Gasteiger partial charge in [0, 0.05) is 107 Å². The number of nitrogens with one attached hydrogen (secondary N) is 12. The van der Waals surface area contributed by atoms with Crippen LogP contribution in [0.5, 0.6) is 5.75 Å². The lowest BCUT2D eigenvalue weighted by molar-refractivity contribution is -0.149. The van der Waals surface area contributed by atoms with E-state index in [0.717, 1.165) is 14.7 Å². The zero-order valence-electron chi connectivity index (χ0n) is 75.7. The van der Waals surface area contributed by atoms with E-state index in [4.69, 9.17) is 27.7 Å².